The summed E-state index contributed by atoms with van der Waals surface area (Å²) in [6.45, 7) is 4.63. The van der Waals surface area contributed by atoms with Crippen molar-refractivity contribution in [1.29, 1.82) is 0 Å². The number of nitrogens with one attached hydrogen (secondary N) is 1. The predicted octanol–water partition coefficient (Wildman–Crippen LogP) is 5.46. The summed E-state index contributed by atoms with van der Waals surface area (Å²) >= 11 is 13.3. The molecular weight excluding hydrogens is 687 g/mol. The third-order valence-corrected chi connectivity index (χ3v) is 11.3. The highest BCUT2D eigenvalue weighted by molar-refractivity contribution is 7.89. The summed E-state index contributed by atoms with van der Waals surface area (Å²) in [5, 5.41) is 7.44. The second-order valence-corrected chi connectivity index (χ2v) is 14.5. The van der Waals surface area contributed by atoms with Crippen molar-refractivity contribution in [3.8, 4) is 5.75 Å². The molecule has 2 heterocycles. The fourth-order valence-electron chi connectivity index (χ4n) is 5.92. The number of hydrogen-bond donors (Lipinski definition) is 2. The van der Waals surface area contributed by atoms with Gasteiger partial charge in [-0.15, -0.1) is 0 Å². The number of hydrogen-bond acceptors (Lipinski definition) is 8. The van der Waals surface area contributed by atoms with E-state index in [4.69, 9.17) is 33.8 Å². The van der Waals surface area contributed by atoms with Crippen molar-refractivity contribution >= 4 is 62.2 Å². The number of sulfonamides is 1. The molecule has 0 saturated carbocycles. The van der Waals surface area contributed by atoms with Crippen LogP contribution in [0.4, 0.5) is 0 Å². The van der Waals surface area contributed by atoms with E-state index in [1.807, 2.05) is 32.0 Å². The number of nitrogens with two attached hydrogens (primary N) is 1. The Morgan fingerprint density at radius 2 is 1.90 bits per heavy atom. The molecule has 0 unspecified atom stereocenters. The molecule has 0 radical (unpaired) electrons. The van der Waals surface area contributed by atoms with Gasteiger partial charge >= 0.3 is 0 Å². The number of fused-ring (bicyclic) bond motifs is 1. The number of carbonyl (C=O) groups excluding carboxylic acids is 2. The summed E-state index contributed by atoms with van der Waals surface area (Å²) in [7, 11) is -2.56. The maximum Gasteiger partial charge on any atom is 0.251 e. The zero-order valence-corrected chi connectivity index (χ0v) is 29.8. The van der Waals surface area contributed by atoms with E-state index in [2.05, 4.69) is 15.4 Å². The molecule has 1 aliphatic rings. The molecule has 1 atom stereocenters. The molecule has 1 aliphatic heterocycles. The van der Waals surface area contributed by atoms with E-state index in [0.29, 0.717) is 54.7 Å². The molecule has 49 heavy (non-hydrogen) atoms. The third kappa shape index (κ3) is 7.99. The standard InChI is InChI=1S/C35H38Cl2N6O5S/c1-22-19-23(2)41-33-26(22)7-4-9-30(33)48-21-27-28(36)14-15-31(32(27)37)49(46,47)43-18-5-8-29(43)35(45)42(3)17-6-16-39-34(44)25-12-10-24(11-13-25)20-40-38/h4,7,9-15,19-20,29H,5-6,8,16-18,21,38H2,1-3H3,(H,39,44)/t29-/m0/s1. The van der Waals surface area contributed by atoms with Crippen LogP contribution in [0.1, 0.15) is 52.0 Å². The molecule has 1 fully saturated rings. The smallest absolute Gasteiger partial charge is 0.251 e. The number of pyridine rings is 1. The summed E-state index contributed by atoms with van der Waals surface area (Å²) in [4.78, 5) is 32.0. The van der Waals surface area contributed by atoms with Gasteiger partial charge in [0.15, 0.2) is 0 Å². The van der Waals surface area contributed by atoms with E-state index >= 15 is 0 Å². The van der Waals surface area contributed by atoms with Gasteiger partial charge in [0, 0.05) is 53.9 Å². The number of carbonyl (C=O) groups is 2. The Morgan fingerprint density at radius 1 is 1.14 bits per heavy atom. The predicted molar refractivity (Wildman–Crippen MR) is 192 cm³/mol. The first-order valence-electron chi connectivity index (χ1n) is 15.8. The Balaban J connectivity index is 1.24. The van der Waals surface area contributed by atoms with Crippen LogP contribution in [0, 0.1) is 13.8 Å². The molecule has 11 nitrogen and oxygen atoms in total. The van der Waals surface area contributed by atoms with Gasteiger partial charge in [-0.25, -0.2) is 13.4 Å². The summed E-state index contributed by atoms with van der Waals surface area (Å²) in [6.07, 6.45) is 2.85. The van der Waals surface area contributed by atoms with E-state index < -0.39 is 16.1 Å². The molecule has 3 aromatic carbocycles. The second kappa shape index (κ2) is 15.5. The Bertz CT molecular complexity index is 2010. The number of likely N-dealkylation sites (N-methyl/N-ethyl adjacent to an activating group) is 1. The quantitative estimate of drug-likeness (QED) is 0.0854. The molecular formula is C35H38Cl2N6O5S. The first-order chi connectivity index (χ1) is 23.4. The van der Waals surface area contributed by atoms with Crippen LogP contribution in [0.5, 0.6) is 5.75 Å². The van der Waals surface area contributed by atoms with Gasteiger partial charge in [0.2, 0.25) is 15.9 Å². The largest absolute Gasteiger partial charge is 0.487 e. The van der Waals surface area contributed by atoms with Crippen LogP contribution in [0.3, 0.4) is 0 Å². The monoisotopic (exact) mass is 724 g/mol. The average molecular weight is 726 g/mol. The van der Waals surface area contributed by atoms with Crippen molar-refractivity contribution in [2.24, 2.45) is 10.9 Å². The number of nitrogens with zero attached hydrogens (tertiary/aromatic N) is 4. The molecule has 4 aromatic rings. The zero-order valence-electron chi connectivity index (χ0n) is 27.4. The lowest BCUT2D eigenvalue weighted by Crippen LogP contribution is -2.47. The highest BCUT2D eigenvalue weighted by atomic mass is 35.5. The molecule has 1 aromatic heterocycles. The van der Waals surface area contributed by atoms with Crippen molar-refractivity contribution in [2.75, 3.05) is 26.7 Å². The SMILES string of the molecule is Cc1cc(C)c2cccc(OCc3c(Cl)ccc(S(=O)(=O)N4CCC[C@H]4C(=O)N(C)CCCNC(=O)c4ccc(C=NN)cc4)c3Cl)c2n1. The van der Waals surface area contributed by atoms with Gasteiger partial charge in [-0.05, 0) is 80.6 Å². The van der Waals surface area contributed by atoms with Crippen molar-refractivity contribution < 1.29 is 22.7 Å². The number of benzene rings is 3. The Hall–Kier alpha value is -4.23. The topological polar surface area (TPSA) is 147 Å². The Kier molecular flexibility index (Phi) is 11.4. The van der Waals surface area contributed by atoms with Gasteiger partial charge in [0.1, 0.15) is 28.8 Å². The van der Waals surface area contributed by atoms with Gasteiger partial charge in [0.05, 0.1) is 11.2 Å². The van der Waals surface area contributed by atoms with E-state index in [-0.39, 0.29) is 39.9 Å². The third-order valence-electron chi connectivity index (χ3n) is 8.46. The molecule has 2 amide bonds. The Labute approximate surface area is 296 Å². The van der Waals surface area contributed by atoms with E-state index in [0.717, 1.165) is 22.2 Å². The first-order valence-corrected chi connectivity index (χ1v) is 18.0. The van der Waals surface area contributed by atoms with E-state index in [1.54, 1.807) is 37.4 Å². The van der Waals surface area contributed by atoms with Crippen molar-refractivity contribution in [3.05, 3.63) is 98.7 Å². The zero-order chi connectivity index (χ0) is 35.3. The van der Waals surface area contributed by atoms with Crippen molar-refractivity contribution in [3.63, 3.8) is 0 Å². The number of aryl methyl sites for hydroxylation is 2. The molecule has 0 spiro atoms. The van der Waals surface area contributed by atoms with Crippen molar-refractivity contribution in [1.82, 2.24) is 19.5 Å². The van der Waals surface area contributed by atoms with Crippen LogP contribution < -0.4 is 15.9 Å². The molecule has 1 saturated heterocycles. The lowest BCUT2D eigenvalue weighted by molar-refractivity contribution is -0.133. The summed E-state index contributed by atoms with van der Waals surface area (Å²) in [5.74, 6) is 5.10. The first kappa shape index (κ1) is 36.1. The minimum Gasteiger partial charge on any atom is -0.487 e. The van der Waals surface area contributed by atoms with Gasteiger partial charge in [-0.3, -0.25) is 9.59 Å². The van der Waals surface area contributed by atoms with Gasteiger partial charge in [-0.1, -0.05) is 47.5 Å². The highest BCUT2D eigenvalue weighted by Gasteiger charge is 2.41. The van der Waals surface area contributed by atoms with Crippen LogP contribution in [-0.4, -0.2) is 73.4 Å². The van der Waals surface area contributed by atoms with Gasteiger partial charge in [-0.2, -0.15) is 9.41 Å². The second-order valence-electron chi connectivity index (χ2n) is 11.9. The lowest BCUT2D eigenvalue weighted by atomic mass is 10.1. The maximum atomic E-state index is 14.0. The van der Waals surface area contributed by atoms with Gasteiger partial charge < -0.3 is 20.8 Å². The minimum absolute atomic E-state index is 0.0580. The van der Waals surface area contributed by atoms with Crippen LogP contribution in [0.15, 0.2) is 70.7 Å². The number of halogens is 2. The lowest BCUT2D eigenvalue weighted by Gasteiger charge is -2.28. The average Bonchev–Trinajstić information content (AvgIpc) is 3.58. The molecule has 5 rings (SSSR count). The Morgan fingerprint density at radius 3 is 2.63 bits per heavy atom. The summed E-state index contributed by atoms with van der Waals surface area (Å²) in [5.41, 5.74) is 4.15. The van der Waals surface area contributed by atoms with Crippen LogP contribution in [0.25, 0.3) is 10.9 Å². The number of aromatic nitrogens is 1. The van der Waals surface area contributed by atoms with Crippen molar-refractivity contribution in [2.45, 2.75) is 50.7 Å². The highest BCUT2D eigenvalue weighted by Crippen LogP contribution is 2.37. The summed E-state index contributed by atoms with van der Waals surface area (Å²) in [6, 6.07) is 16.4. The normalized spacial score (nSPS) is 15.2. The number of ether oxygens (including phenoxy) is 1. The van der Waals surface area contributed by atoms with Crippen LogP contribution in [-0.2, 0) is 21.4 Å². The maximum absolute atomic E-state index is 14.0. The number of amides is 2. The number of rotatable bonds is 12. The van der Waals surface area contributed by atoms with E-state index in [9.17, 15) is 18.0 Å². The molecule has 258 valence electrons. The molecule has 0 bridgehead atoms. The number of hydrazone groups is 1. The summed E-state index contributed by atoms with van der Waals surface area (Å²) < 4.78 is 35.4. The van der Waals surface area contributed by atoms with Crippen LogP contribution >= 0.6 is 23.2 Å². The molecule has 0 aliphatic carbocycles. The van der Waals surface area contributed by atoms with Gasteiger partial charge in [0.25, 0.3) is 5.91 Å². The molecule has 3 N–H and O–H groups in total. The fourth-order valence-corrected chi connectivity index (χ4v) is 8.44. The molecule has 14 heteroatoms. The van der Waals surface area contributed by atoms with Crippen LogP contribution in [0.2, 0.25) is 10.0 Å². The van der Waals surface area contributed by atoms with E-state index in [1.165, 1.54) is 27.6 Å². The minimum atomic E-state index is -4.18. The fraction of sp³-hybridized carbons (Fsp3) is 0.314. The number of para-hydroxylation sites is 1.